The summed E-state index contributed by atoms with van der Waals surface area (Å²) >= 11 is 0. The monoisotopic (exact) mass is 670 g/mol. The van der Waals surface area contributed by atoms with Gasteiger partial charge in [0.1, 0.15) is 35.2 Å². The summed E-state index contributed by atoms with van der Waals surface area (Å²) in [6.07, 6.45) is 12.6. The van der Waals surface area contributed by atoms with E-state index in [-0.39, 0.29) is 34.4 Å². The van der Waals surface area contributed by atoms with Gasteiger partial charge in [0.2, 0.25) is 0 Å². The van der Waals surface area contributed by atoms with E-state index in [9.17, 15) is 4.39 Å². The number of para-hydroxylation sites is 1. The van der Waals surface area contributed by atoms with E-state index in [4.69, 9.17) is 25.9 Å². The Morgan fingerprint density at radius 3 is 2.76 bits per heavy atom. The van der Waals surface area contributed by atoms with Crippen molar-refractivity contribution in [1.82, 2.24) is 25.2 Å². The SMILES string of the molecule is C#Cc1c(F)ccc2cccc(-c3ncc4c(N5C[C@H]6CC[C@@H](C5)N6)nc(OC[C@]56CCCN5[C@H]5c7ccccc7OC[C@H]5C6)nc4c3F)c12. The zero-order chi connectivity index (χ0) is 33.6. The first-order valence-corrected chi connectivity index (χ1v) is 17.7. The van der Waals surface area contributed by atoms with Crippen LogP contribution >= 0.6 is 0 Å². The molecular formula is C40H36F2N6O2. The van der Waals surface area contributed by atoms with Gasteiger partial charge in [-0.05, 0) is 56.2 Å². The van der Waals surface area contributed by atoms with Gasteiger partial charge in [-0.25, -0.2) is 8.78 Å². The molecular weight excluding hydrogens is 634 g/mol. The van der Waals surface area contributed by atoms with Crippen molar-refractivity contribution < 1.29 is 18.3 Å². The molecule has 5 aromatic rings. The molecule has 1 N–H and O–H groups in total. The number of nitrogens with zero attached hydrogens (tertiary/aromatic N) is 5. The van der Waals surface area contributed by atoms with Crippen LogP contribution in [0.5, 0.6) is 11.8 Å². The van der Waals surface area contributed by atoms with Crippen LogP contribution in [0, 0.1) is 29.9 Å². The molecule has 5 aliphatic heterocycles. The second-order valence-electron chi connectivity index (χ2n) is 14.6. The highest BCUT2D eigenvalue weighted by Gasteiger charge is 2.56. The smallest absolute Gasteiger partial charge is 0.319 e. The average molecular weight is 671 g/mol. The summed E-state index contributed by atoms with van der Waals surface area (Å²) in [4.78, 5) is 19.2. The lowest BCUT2D eigenvalue weighted by Gasteiger charge is -2.36. The minimum Gasteiger partial charge on any atom is -0.493 e. The molecule has 0 unspecified atom stereocenters. The second kappa shape index (κ2) is 11.3. The minimum atomic E-state index is -0.616. The van der Waals surface area contributed by atoms with Crippen molar-refractivity contribution >= 4 is 27.5 Å². The maximum Gasteiger partial charge on any atom is 0.319 e. The zero-order valence-corrected chi connectivity index (χ0v) is 27.5. The number of benzene rings is 3. The first-order chi connectivity index (χ1) is 24.5. The number of hydrogen-bond acceptors (Lipinski definition) is 8. The number of aromatic nitrogens is 3. The molecule has 3 aromatic carbocycles. The van der Waals surface area contributed by atoms with Gasteiger partial charge in [0.15, 0.2) is 5.82 Å². The number of ether oxygens (including phenoxy) is 2. The van der Waals surface area contributed by atoms with E-state index in [0.717, 1.165) is 57.5 Å². The van der Waals surface area contributed by atoms with Gasteiger partial charge in [-0.1, -0.05) is 48.4 Å². The number of nitrogens with one attached hydrogen (secondary N) is 1. The van der Waals surface area contributed by atoms with Crippen LogP contribution in [-0.4, -0.2) is 70.3 Å². The number of anilines is 1. The summed E-state index contributed by atoms with van der Waals surface area (Å²) in [6, 6.07) is 17.8. The van der Waals surface area contributed by atoms with Crippen LogP contribution in [0.3, 0.4) is 0 Å². The second-order valence-corrected chi connectivity index (χ2v) is 14.6. The number of halogens is 2. The number of hydrogen-bond donors (Lipinski definition) is 1. The number of pyridine rings is 1. The summed E-state index contributed by atoms with van der Waals surface area (Å²) in [5.41, 5.74) is 1.72. The average Bonchev–Trinajstić information content (AvgIpc) is 3.81. The molecule has 7 heterocycles. The Morgan fingerprint density at radius 2 is 1.90 bits per heavy atom. The molecule has 5 atom stereocenters. The first kappa shape index (κ1) is 30.0. The fraction of sp³-hybridized carbons (Fsp3) is 0.375. The molecule has 8 nitrogen and oxygen atoms in total. The Morgan fingerprint density at radius 1 is 1.04 bits per heavy atom. The van der Waals surface area contributed by atoms with Crippen LogP contribution < -0.4 is 19.7 Å². The fourth-order valence-corrected chi connectivity index (χ4v) is 9.68. The molecule has 50 heavy (non-hydrogen) atoms. The maximum absolute atomic E-state index is 17.0. The Balaban J connectivity index is 1.07. The molecule has 0 saturated carbocycles. The maximum atomic E-state index is 17.0. The van der Waals surface area contributed by atoms with Crippen LogP contribution in [0.2, 0.25) is 0 Å². The zero-order valence-electron chi connectivity index (χ0n) is 27.5. The summed E-state index contributed by atoms with van der Waals surface area (Å²) in [5, 5.41) is 5.34. The van der Waals surface area contributed by atoms with Crippen LogP contribution in [0.4, 0.5) is 14.6 Å². The summed E-state index contributed by atoms with van der Waals surface area (Å²) in [6.45, 7) is 3.57. The van der Waals surface area contributed by atoms with Crippen LogP contribution in [0.1, 0.15) is 49.3 Å². The van der Waals surface area contributed by atoms with Crippen molar-refractivity contribution in [2.24, 2.45) is 5.92 Å². The molecule has 0 aliphatic carbocycles. The normalized spacial score (nSPS) is 26.8. The van der Waals surface area contributed by atoms with Gasteiger partial charge < -0.3 is 19.7 Å². The predicted octanol–water partition coefficient (Wildman–Crippen LogP) is 6.41. The molecule has 4 saturated heterocycles. The fourth-order valence-electron chi connectivity index (χ4n) is 9.68. The van der Waals surface area contributed by atoms with E-state index >= 15 is 4.39 Å². The molecule has 0 amide bonds. The van der Waals surface area contributed by atoms with Gasteiger partial charge in [0, 0.05) is 59.8 Å². The molecule has 2 aromatic heterocycles. The molecule has 4 fully saturated rings. The molecule has 0 radical (unpaired) electrons. The number of rotatable bonds is 5. The number of fused-ring (bicyclic) bond motifs is 9. The molecule has 0 spiro atoms. The Bertz CT molecular complexity index is 2230. The van der Waals surface area contributed by atoms with Crippen LogP contribution in [0.25, 0.3) is 32.9 Å². The Labute approximate surface area is 288 Å². The third kappa shape index (κ3) is 4.53. The van der Waals surface area contributed by atoms with Gasteiger partial charge >= 0.3 is 6.01 Å². The standard InChI is InChI=1S/C40H36F2N6O2/c1-2-27-31(41)14-11-23-7-5-9-29(33(23)27)35-34(42)36-30(18-43-35)38(47-19-25-12-13-26(20-47)44-25)46-39(45-36)50-22-40-15-6-16-48(40)37-24(17-40)21-49-32-10-4-3-8-28(32)37/h1,3-5,7-11,14,18,24-26,37,44H,6,12-13,15-17,19-22H2/t24-,25-,26+,37-,40-/m1/s1. The highest BCUT2D eigenvalue weighted by atomic mass is 19.1. The van der Waals surface area contributed by atoms with Gasteiger partial charge in [0.25, 0.3) is 0 Å². The van der Waals surface area contributed by atoms with Crippen LogP contribution in [-0.2, 0) is 0 Å². The van der Waals surface area contributed by atoms with Crippen molar-refractivity contribution in [3.8, 4) is 35.4 Å². The third-order valence-corrected chi connectivity index (χ3v) is 11.8. The first-order valence-electron chi connectivity index (χ1n) is 17.7. The van der Waals surface area contributed by atoms with Gasteiger partial charge in [0.05, 0.1) is 23.1 Å². The van der Waals surface area contributed by atoms with E-state index in [1.807, 2.05) is 12.1 Å². The lowest BCUT2D eigenvalue weighted by atomic mass is 9.86. The van der Waals surface area contributed by atoms with Crippen LogP contribution in [0.15, 0.2) is 60.8 Å². The van der Waals surface area contributed by atoms with E-state index in [1.54, 1.807) is 24.4 Å². The minimum absolute atomic E-state index is 0.0558. The highest BCUT2D eigenvalue weighted by molar-refractivity contribution is 6.02. The number of piperazine rings is 1. The van der Waals surface area contributed by atoms with Gasteiger partial charge in [-0.2, -0.15) is 9.97 Å². The Kier molecular flexibility index (Phi) is 6.81. The van der Waals surface area contributed by atoms with Gasteiger partial charge in [-0.15, -0.1) is 6.42 Å². The third-order valence-electron chi connectivity index (χ3n) is 11.8. The quantitative estimate of drug-likeness (QED) is 0.215. The predicted molar refractivity (Wildman–Crippen MR) is 187 cm³/mol. The van der Waals surface area contributed by atoms with Gasteiger partial charge in [-0.3, -0.25) is 9.88 Å². The van der Waals surface area contributed by atoms with Crippen molar-refractivity contribution in [3.05, 3.63) is 83.6 Å². The van der Waals surface area contributed by atoms with Crippen molar-refractivity contribution in [2.45, 2.75) is 55.8 Å². The molecule has 10 heteroatoms. The van der Waals surface area contributed by atoms with Crippen molar-refractivity contribution in [2.75, 3.05) is 37.7 Å². The summed E-state index contributed by atoms with van der Waals surface area (Å²) in [7, 11) is 0. The van der Waals surface area contributed by atoms with E-state index in [1.165, 1.54) is 11.6 Å². The number of terminal acetylenes is 1. The molecule has 252 valence electrons. The largest absolute Gasteiger partial charge is 0.493 e. The summed E-state index contributed by atoms with van der Waals surface area (Å²) < 4.78 is 44.7. The lowest BCUT2D eigenvalue weighted by Crippen LogP contribution is -2.51. The van der Waals surface area contributed by atoms with E-state index in [2.05, 4.69) is 44.2 Å². The van der Waals surface area contributed by atoms with E-state index in [0.29, 0.717) is 58.8 Å². The molecule has 2 bridgehead atoms. The summed E-state index contributed by atoms with van der Waals surface area (Å²) in [5.74, 6) is 3.27. The lowest BCUT2D eigenvalue weighted by molar-refractivity contribution is 0.0780. The topological polar surface area (TPSA) is 75.6 Å². The molecule has 10 rings (SSSR count). The van der Waals surface area contributed by atoms with Crippen molar-refractivity contribution in [3.63, 3.8) is 0 Å². The highest BCUT2D eigenvalue weighted by Crippen LogP contribution is 2.55. The van der Waals surface area contributed by atoms with E-state index < -0.39 is 11.6 Å². The Hall–Kier alpha value is -4.85. The molecule has 5 aliphatic rings. The van der Waals surface area contributed by atoms with Crippen molar-refractivity contribution in [1.29, 1.82) is 0 Å².